The quantitative estimate of drug-likeness (QED) is 0.225. The summed E-state index contributed by atoms with van der Waals surface area (Å²) < 4.78 is 58.8. The fourth-order valence-electron chi connectivity index (χ4n) is 1.19. The van der Waals surface area contributed by atoms with E-state index in [4.69, 9.17) is 5.73 Å². The van der Waals surface area contributed by atoms with Gasteiger partial charge in [-0.05, 0) is 23.8 Å². The van der Waals surface area contributed by atoms with Crippen LogP contribution >= 0.6 is 23.9 Å². The van der Waals surface area contributed by atoms with Crippen molar-refractivity contribution in [1.29, 1.82) is 0 Å². The van der Waals surface area contributed by atoms with Gasteiger partial charge >= 0.3 is 0 Å². The maximum Gasteiger partial charge on any atom is 0.186 e. The number of nitrogens with one attached hydrogen (secondary N) is 2. The Morgan fingerprint density at radius 1 is 1.00 bits per heavy atom. The van der Waals surface area contributed by atoms with Gasteiger partial charge < -0.3 is 5.73 Å². The molecule has 0 saturated carbocycles. The van der Waals surface area contributed by atoms with Crippen molar-refractivity contribution in [3.05, 3.63) is 35.3 Å². The topological polar surface area (TPSA) is 50.1 Å². The van der Waals surface area contributed by atoms with Gasteiger partial charge in [0.1, 0.15) is 10.6 Å². The van der Waals surface area contributed by atoms with E-state index in [9.17, 15) is 17.6 Å². The van der Waals surface area contributed by atoms with Crippen LogP contribution in [0, 0.1) is 23.3 Å². The molecule has 0 unspecified atom stereocenters. The van der Waals surface area contributed by atoms with E-state index < -0.39 is 33.9 Å². The summed E-state index contributed by atoms with van der Waals surface area (Å²) in [7, 11) is 0. The molecule has 9 heteroatoms. The van der Waals surface area contributed by atoms with E-state index in [0.29, 0.717) is 31.5 Å². The highest BCUT2D eigenvalue weighted by Crippen LogP contribution is 2.31. The van der Waals surface area contributed by atoms with E-state index in [0.717, 1.165) is 0 Å². The van der Waals surface area contributed by atoms with Crippen LogP contribution in [0.15, 0.2) is 16.9 Å². The van der Waals surface area contributed by atoms with Gasteiger partial charge in [-0.15, -0.1) is 0 Å². The fourth-order valence-corrected chi connectivity index (χ4v) is 2.32. The second-order valence-electron chi connectivity index (χ2n) is 3.53. The molecule has 0 atom stereocenters. The van der Waals surface area contributed by atoms with Crippen molar-refractivity contribution in [2.75, 3.05) is 18.8 Å². The van der Waals surface area contributed by atoms with Crippen LogP contribution in [0.25, 0.3) is 0 Å². The summed E-state index contributed by atoms with van der Waals surface area (Å²) in [6.07, 6.45) is 0.650. The minimum absolute atomic E-state index is 0.391. The molecule has 0 aliphatic carbocycles. The Morgan fingerprint density at radius 3 is 2.10 bits per heavy atom. The number of anilines is 1. The van der Waals surface area contributed by atoms with Crippen molar-refractivity contribution in [3.63, 3.8) is 0 Å². The lowest BCUT2D eigenvalue weighted by atomic mass is 10.2. The standard InChI is InChI=1S/C11H13F4N3S2/c1-2-19-17-4-3-5-18-20-11-8(14)6(12)10(16)7(13)9(11)15/h2,17-18H,1,3-5,16H2. The van der Waals surface area contributed by atoms with Crippen LogP contribution in [0.2, 0.25) is 0 Å². The SMILES string of the molecule is C=CSNCCCNSc1c(F)c(F)c(N)c(F)c1F. The Balaban J connectivity index is 2.54. The molecular formula is C11H13F4N3S2. The van der Waals surface area contributed by atoms with Crippen LogP contribution in [0.1, 0.15) is 6.42 Å². The summed E-state index contributed by atoms with van der Waals surface area (Å²) in [5.74, 6) is -6.17. The third-order valence-electron chi connectivity index (χ3n) is 2.16. The van der Waals surface area contributed by atoms with Crippen molar-refractivity contribution in [3.8, 4) is 0 Å². The number of benzene rings is 1. The van der Waals surface area contributed by atoms with E-state index in [1.807, 2.05) is 0 Å². The third-order valence-corrected chi connectivity index (χ3v) is 3.60. The highest BCUT2D eigenvalue weighted by molar-refractivity contribution is 8.00. The summed E-state index contributed by atoms with van der Waals surface area (Å²) in [4.78, 5) is -0.775. The molecule has 1 aromatic carbocycles. The molecule has 1 aromatic rings. The Bertz CT molecular complexity index is 456. The first-order chi connectivity index (χ1) is 9.50. The second kappa shape index (κ2) is 8.40. The normalized spacial score (nSPS) is 10.8. The zero-order valence-corrected chi connectivity index (χ0v) is 11.9. The van der Waals surface area contributed by atoms with Crippen LogP contribution in [0.3, 0.4) is 0 Å². The number of hydrogen-bond donors (Lipinski definition) is 3. The molecule has 0 amide bonds. The summed E-state index contributed by atoms with van der Waals surface area (Å²) in [5, 5.41) is 1.62. The van der Waals surface area contributed by atoms with Crippen LogP contribution < -0.4 is 15.2 Å². The van der Waals surface area contributed by atoms with Crippen molar-refractivity contribution >= 4 is 29.6 Å². The average molecular weight is 327 g/mol. The van der Waals surface area contributed by atoms with E-state index >= 15 is 0 Å². The van der Waals surface area contributed by atoms with Crippen molar-refractivity contribution in [1.82, 2.24) is 9.44 Å². The zero-order valence-electron chi connectivity index (χ0n) is 10.3. The Morgan fingerprint density at radius 2 is 1.55 bits per heavy atom. The molecule has 0 heterocycles. The van der Waals surface area contributed by atoms with Crippen LogP contribution in [0.5, 0.6) is 0 Å². The molecule has 3 nitrogen and oxygen atoms in total. The fraction of sp³-hybridized carbons (Fsp3) is 0.273. The molecule has 0 aliphatic rings. The predicted molar refractivity (Wildman–Crippen MR) is 75.0 cm³/mol. The number of hydrogen-bond acceptors (Lipinski definition) is 5. The molecule has 0 fully saturated rings. The Hall–Kier alpha value is -0.900. The van der Waals surface area contributed by atoms with Gasteiger partial charge in [0, 0.05) is 13.1 Å². The highest BCUT2D eigenvalue weighted by Gasteiger charge is 2.24. The van der Waals surface area contributed by atoms with Gasteiger partial charge in [0.05, 0.1) is 0 Å². The number of halogens is 4. The largest absolute Gasteiger partial charge is 0.394 e. The molecule has 0 saturated heterocycles. The Labute approximate surface area is 122 Å². The van der Waals surface area contributed by atoms with Gasteiger partial charge in [0.25, 0.3) is 0 Å². The Kier molecular flexibility index (Phi) is 7.20. The molecule has 0 aromatic heterocycles. The first-order valence-electron chi connectivity index (χ1n) is 5.51. The molecule has 1 rings (SSSR count). The minimum atomic E-state index is -1.59. The van der Waals surface area contributed by atoms with Gasteiger partial charge in [0.15, 0.2) is 23.3 Å². The van der Waals surface area contributed by atoms with E-state index in [1.54, 1.807) is 5.41 Å². The lowest BCUT2D eigenvalue weighted by molar-refractivity contribution is 0.431. The highest BCUT2D eigenvalue weighted by atomic mass is 32.2. The first-order valence-corrected chi connectivity index (χ1v) is 7.20. The monoisotopic (exact) mass is 327 g/mol. The number of rotatable bonds is 8. The zero-order chi connectivity index (χ0) is 15.1. The minimum Gasteiger partial charge on any atom is -0.394 e. The van der Waals surface area contributed by atoms with Crippen LogP contribution in [0.4, 0.5) is 23.2 Å². The van der Waals surface area contributed by atoms with Crippen molar-refractivity contribution in [2.45, 2.75) is 11.3 Å². The van der Waals surface area contributed by atoms with E-state index in [1.165, 1.54) is 11.9 Å². The summed E-state index contributed by atoms with van der Waals surface area (Å²) in [6.45, 7) is 4.52. The number of nitrogens with two attached hydrogens (primary N) is 1. The molecule has 0 aliphatic heterocycles. The van der Waals surface area contributed by atoms with Crippen LogP contribution in [-0.4, -0.2) is 13.1 Å². The average Bonchev–Trinajstić information content (AvgIpc) is 2.45. The lowest BCUT2D eigenvalue weighted by Gasteiger charge is -2.09. The molecule has 20 heavy (non-hydrogen) atoms. The van der Waals surface area contributed by atoms with Gasteiger partial charge in [-0.2, -0.15) is 0 Å². The first kappa shape index (κ1) is 17.2. The van der Waals surface area contributed by atoms with Crippen molar-refractivity contribution < 1.29 is 17.6 Å². The van der Waals surface area contributed by atoms with Gasteiger partial charge in [-0.25, -0.2) is 17.6 Å². The van der Waals surface area contributed by atoms with E-state index in [-0.39, 0.29) is 0 Å². The summed E-state index contributed by atoms with van der Waals surface area (Å²) in [6, 6.07) is 0. The molecule has 112 valence electrons. The summed E-state index contributed by atoms with van der Waals surface area (Å²) >= 11 is 1.80. The lowest BCUT2D eigenvalue weighted by Crippen LogP contribution is -2.14. The summed E-state index contributed by atoms with van der Waals surface area (Å²) in [5.41, 5.74) is 3.74. The molecule has 4 N–H and O–H groups in total. The van der Waals surface area contributed by atoms with Gasteiger partial charge in [0.2, 0.25) is 0 Å². The molecule has 0 spiro atoms. The second-order valence-corrected chi connectivity index (χ2v) is 5.29. The third kappa shape index (κ3) is 4.30. The van der Waals surface area contributed by atoms with Crippen LogP contribution in [-0.2, 0) is 0 Å². The van der Waals surface area contributed by atoms with Gasteiger partial charge in [-0.1, -0.05) is 18.5 Å². The maximum absolute atomic E-state index is 13.4. The molecular weight excluding hydrogens is 314 g/mol. The number of nitrogen functional groups attached to an aromatic ring is 1. The maximum atomic E-state index is 13.4. The van der Waals surface area contributed by atoms with Gasteiger partial charge in [-0.3, -0.25) is 9.44 Å². The predicted octanol–water partition coefficient (Wildman–Crippen LogP) is 3.19. The molecule has 0 bridgehead atoms. The smallest absolute Gasteiger partial charge is 0.186 e. The van der Waals surface area contributed by atoms with E-state index in [2.05, 4.69) is 16.0 Å². The molecule has 0 radical (unpaired) electrons. The van der Waals surface area contributed by atoms with Crippen molar-refractivity contribution in [2.24, 2.45) is 0 Å².